The third-order valence-corrected chi connectivity index (χ3v) is 6.38. The van der Waals surface area contributed by atoms with Crippen molar-refractivity contribution in [1.29, 1.82) is 0 Å². The minimum Gasteiger partial charge on any atom is -0.490 e. The quantitative estimate of drug-likeness (QED) is 0.492. The average Bonchev–Trinajstić information content (AvgIpc) is 2.84. The van der Waals surface area contributed by atoms with E-state index in [-0.39, 0.29) is 36.0 Å². The lowest BCUT2D eigenvalue weighted by Crippen LogP contribution is -2.47. The Labute approximate surface area is 216 Å². The minimum atomic E-state index is -4.44. The molecule has 11 heteroatoms. The van der Waals surface area contributed by atoms with Crippen LogP contribution in [0.2, 0.25) is 0 Å². The highest BCUT2D eigenvalue weighted by Crippen LogP contribution is 2.29. The predicted octanol–water partition coefficient (Wildman–Crippen LogP) is 3.98. The number of halogens is 3. The first-order valence-corrected chi connectivity index (χ1v) is 12.8. The number of fused-ring (bicyclic) bond motifs is 1. The van der Waals surface area contributed by atoms with E-state index < -0.39 is 36.9 Å². The molecule has 4 atom stereocenters. The van der Waals surface area contributed by atoms with Gasteiger partial charge in [0.05, 0.1) is 36.8 Å². The Bertz CT molecular complexity index is 884. The molecule has 0 unspecified atom stereocenters. The summed E-state index contributed by atoms with van der Waals surface area (Å²) in [5.41, 5.74) is 0.355. The Kier molecular flexibility index (Phi) is 12.1. The minimum absolute atomic E-state index is 0.0677. The van der Waals surface area contributed by atoms with Crippen LogP contribution in [-0.2, 0) is 9.53 Å². The van der Waals surface area contributed by atoms with Crippen LogP contribution in [0.4, 0.5) is 18.9 Å². The van der Waals surface area contributed by atoms with E-state index in [4.69, 9.17) is 9.47 Å². The Morgan fingerprint density at radius 3 is 2.65 bits per heavy atom. The number of aliphatic hydroxyl groups is 1. The van der Waals surface area contributed by atoms with Gasteiger partial charge in [-0.25, -0.2) is 0 Å². The summed E-state index contributed by atoms with van der Waals surface area (Å²) in [5, 5.41) is 15.5. The maximum absolute atomic E-state index is 13.8. The van der Waals surface area contributed by atoms with Crippen LogP contribution in [0.5, 0.6) is 5.75 Å². The van der Waals surface area contributed by atoms with Crippen LogP contribution < -0.4 is 15.4 Å². The van der Waals surface area contributed by atoms with Gasteiger partial charge in [0.1, 0.15) is 5.75 Å². The summed E-state index contributed by atoms with van der Waals surface area (Å²) in [6.07, 6.45) is -4.31. The maximum atomic E-state index is 13.8. The van der Waals surface area contributed by atoms with Crippen molar-refractivity contribution in [2.24, 2.45) is 5.92 Å². The first-order valence-electron chi connectivity index (χ1n) is 12.8. The highest BCUT2D eigenvalue weighted by molar-refractivity contribution is 5.99. The molecule has 1 aromatic carbocycles. The zero-order chi connectivity index (χ0) is 27.6. The monoisotopic (exact) mass is 531 g/mol. The van der Waals surface area contributed by atoms with E-state index in [0.717, 1.165) is 19.3 Å². The average molecular weight is 532 g/mol. The van der Waals surface area contributed by atoms with Gasteiger partial charge in [-0.1, -0.05) is 6.92 Å². The summed E-state index contributed by atoms with van der Waals surface area (Å²) in [4.78, 5) is 27.5. The zero-order valence-electron chi connectivity index (χ0n) is 22.1. The fourth-order valence-corrected chi connectivity index (χ4v) is 4.17. The first-order chi connectivity index (χ1) is 17.4. The number of nitrogens with one attached hydrogen (secondary N) is 2. The highest BCUT2D eigenvalue weighted by Gasteiger charge is 2.30. The van der Waals surface area contributed by atoms with Crippen LogP contribution >= 0.6 is 0 Å². The number of amides is 2. The molecule has 0 spiro atoms. The molecule has 0 radical (unpaired) electrons. The normalized spacial score (nSPS) is 23.0. The second kappa shape index (κ2) is 14.5. The van der Waals surface area contributed by atoms with Crippen molar-refractivity contribution in [3.05, 3.63) is 23.8 Å². The molecule has 1 aliphatic heterocycles. The molecule has 37 heavy (non-hydrogen) atoms. The number of benzene rings is 1. The Morgan fingerprint density at radius 2 is 2.00 bits per heavy atom. The topological polar surface area (TPSA) is 100 Å². The molecule has 1 aliphatic rings. The lowest BCUT2D eigenvalue weighted by molar-refractivity contribution is -0.142. The number of hydrogen-bond acceptors (Lipinski definition) is 6. The van der Waals surface area contributed by atoms with Crippen molar-refractivity contribution in [3.8, 4) is 5.75 Å². The van der Waals surface area contributed by atoms with E-state index in [1.54, 1.807) is 17.9 Å². The number of carbonyl (C=O) groups is 2. The molecular formula is C26H40F3N3O5. The van der Waals surface area contributed by atoms with Crippen molar-refractivity contribution in [2.75, 3.05) is 38.7 Å². The number of alkyl halides is 3. The van der Waals surface area contributed by atoms with Crippen molar-refractivity contribution in [2.45, 2.75) is 77.3 Å². The lowest BCUT2D eigenvalue weighted by atomic mass is 10.0. The molecule has 8 nitrogen and oxygen atoms in total. The van der Waals surface area contributed by atoms with Crippen LogP contribution in [0, 0.1) is 5.92 Å². The van der Waals surface area contributed by atoms with Gasteiger partial charge in [0.15, 0.2) is 0 Å². The van der Waals surface area contributed by atoms with Crippen LogP contribution in [0.15, 0.2) is 18.2 Å². The molecule has 1 aromatic rings. The zero-order valence-corrected chi connectivity index (χ0v) is 22.1. The van der Waals surface area contributed by atoms with E-state index in [2.05, 4.69) is 10.6 Å². The summed E-state index contributed by atoms with van der Waals surface area (Å²) in [6, 6.07) is 3.96. The SMILES string of the molecule is CNC[C@@H]1OCCCC[C@@H](C)Oc2ccc(NC(=O)CCC(F)(F)F)cc2C(=O)N([C@H](C)CO)C[C@@H]1C. The smallest absolute Gasteiger partial charge is 0.389 e. The van der Waals surface area contributed by atoms with Gasteiger partial charge >= 0.3 is 6.18 Å². The number of rotatable bonds is 7. The van der Waals surface area contributed by atoms with Crippen molar-refractivity contribution < 1.29 is 37.3 Å². The third-order valence-electron chi connectivity index (χ3n) is 6.38. The van der Waals surface area contributed by atoms with Gasteiger partial charge in [0.2, 0.25) is 5.91 Å². The van der Waals surface area contributed by atoms with Crippen LogP contribution in [0.1, 0.15) is 63.2 Å². The second-order valence-corrected chi connectivity index (χ2v) is 9.73. The summed E-state index contributed by atoms with van der Waals surface area (Å²) < 4.78 is 49.8. The molecule has 0 bridgehead atoms. The molecule has 0 saturated heterocycles. The van der Waals surface area contributed by atoms with E-state index >= 15 is 0 Å². The lowest BCUT2D eigenvalue weighted by Gasteiger charge is -2.34. The number of aliphatic hydroxyl groups excluding tert-OH is 1. The number of anilines is 1. The van der Waals surface area contributed by atoms with Gasteiger partial charge in [-0.2, -0.15) is 13.2 Å². The van der Waals surface area contributed by atoms with Crippen LogP contribution in [0.3, 0.4) is 0 Å². The summed E-state index contributed by atoms with van der Waals surface area (Å²) >= 11 is 0. The van der Waals surface area contributed by atoms with E-state index in [1.165, 1.54) is 12.1 Å². The molecule has 2 rings (SSSR count). The maximum Gasteiger partial charge on any atom is 0.389 e. The summed E-state index contributed by atoms with van der Waals surface area (Å²) in [5.74, 6) is -0.973. The highest BCUT2D eigenvalue weighted by atomic mass is 19.4. The number of hydrogen-bond donors (Lipinski definition) is 3. The van der Waals surface area contributed by atoms with E-state index in [1.807, 2.05) is 20.9 Å². The molecule has 3 N–H and O–H groups in total. The third kappa shape index (κ3) is 10.1. The standard InChI is InChI=1S/C26H40F3N3O5/c1-17-15-32(18(2)16-33)25(35)21-13-20(31-24(34)10-11-26(27,28)29)8-9-22(21)37-19(3)7-5-6-12-36-23(17)14-30-4/h8-9,13,17-19,23,30,33H,5-7,10-12,14-16H2,1-4H3,(H,31,34)/t17-,18+,19+,23-/m0/s1. The molecular weight excluding hydrogens is 491 g/mol. The van der Waals surface area contributed by atoms with Gasteiger partial charge in [-0.3, -0.25) is 9.59 Å². The molecule has 2 amide bonds. The Balaban J connectivity index is 2.42. The molecule has 0 fully saturated rings. The van der Waals surface area contributed by atoms with Gasteiger partial charge in [-0.15, -0.1) is 0 Å². The molecule has 210 valence electrons. The number of ether oxygens (including phenoxy) is 2. The fraction of sp³-hybridized carbons (Fsp3) is 0.692. The predicted molar refractivity (Wildman–Crippen MR) is 135 cm³/mol. The number of carbonyl (C=O) groups excluding carboxylic acids is 2. The van der Waals surface area contributed by atoms with E-state index in [9.17, 15) is 27.9 Å². The molecule has 0 aliphatic carbocycles. The van der Waals surface area contributed by atoms with Gasteiger partial charge in [-0.05, 0) is 58.4 Å². The van der Waals surface area contributed by atoms with Crippen LogP contribution in [-0.4, -0.2) is 79.6 Å². The second-order valence-electron chi connectivity index (χ2n) is 9.73. The van der Waals surface area contributed by atoms with Crippen LogP contribution in [0.25, 0.3) is 0 Å². The Morgan fingerprint density at radius 1 is 1.27 bits per heavy atom. The van der Waals surface area contributed by atoms with Crippen molar-refractivity contribution >= 4 is 17.5 Å². The first kappa shape index (κ1) is 30.9. The largest absolute Gasteiger partial charge is 0.490 e. The van der Waals surface area contributed by atoms with Crippen molar-refractivity contribution in [1.82, 2.24) is 10.2 Å². The molecule has 0 saturated carbocycles. The molecule has 1 heterocycles. The summed E-state index contributed by atoms with van der Waals surface area (Å²) in [7, 11) is 1.83. The Hall–Kier alpha value is -2.37. The van der Waals surface area contributed by atoms with Crippen molar-refractivity contribution in [3.63, 3.8) is 0 Å². The molecule has 0 aromatic heterocycles. The van der Waals surface area contributed by atoms with Gasteiger partial charge in [0, 0.05) is 37.7 Å². The number of nitrogens with zero attached hydrogens (tertiary/aromatic N) is 1. The van der Waals surface area contributed by atoms with Gasteiger partial charge < -0.3 is 30.1 Å². The fourth-order valence-electron chi connectivity index (χ4n) is 4.17. The summed E-state index contributed by atoms with van der Waals surface area (Å²) in [6.45, 7) is 6.82. The van der Waals surface area contributed by atoms with Gasteiger partial charge in [0.25, 0.3) is 5.91 Å². The van der Waals surface area contributed by atoms with E-state index in [0.29, 0.717) is 25.4 Å². The number of likely N-dealkylation sites (N-methyl/N-ethyl adjacent to an activating group) is 1.